The Hall–Kier alpha value is -0.0800. The van der Waals surface area contributed by atoms with Gasteiger partial charge >= 0.3 is 0 Å². The maximum absolute atomic E-state index is 3.74. The van der Waals surface area contributed by atoms with Crippen molar-refractivity contribution in [1.29, 1.82) is 0 Å². The van der Waals surface area contributed by atoms with Gasteiger partial charge in [-0.05, 0) is 63.6 Å². The lowest BCUT2D eigenvalue weighted by Gasteiger charge is -2.42. The van der Waals surface area contributed by atoms with Crippen LogP contribution in [-0.4, -0.2) is 38.1 Å². The van der Waals surface area contributed by atoms with Crippen molar-refractivity contribution in [3.8, 4) is 0 Å². The van der Waals surface area contributed by atoms with Gasteiger partial charge in [-0.15, -0.1) is 0 Å². The number of likely N-dealkylation sites (tertiary alicyclic amines) is 1. The van der Waals surface area contributed by atoms with Gasteiger partial charge in [0, 0.05) is 13.1 Å². The van der Waals surface area contributed by atoms with Gasteiger partial charge < -0.3 is 10.2 Å². The molecule has 16 heavy (non-hydrogen) atoms. The van der Waals surface area contributed by atoms with E-state index in [-0.39, 0.29) is 0 Å². The maximum atomic E-state index is 3.74. The molecule has 2 fully saturated rings. The zero-order valence-corrected chi connectivity index (χ0v) is 11.1. The quantitative estimate of drug-likeness (QED) is 0.772. The van der Waals surface area contributed by atoms with Gasteiger partial charge in [0.1, 0.15) is 0 Å². The van der Waals surface area contributed by atoms with Crippen molar-refractivity contribution in [3.05, 3.63) is 0 Å². The number of piperidine rings is 1. The van der Waals surface area contributed by atoms with E-state index >= 15 is 0 Å². The highest BCUT2D eigenvalue weighted by atomic mass is 15.1. The minimum atomic E-state index is 0.681. The fourth-order valence-electron chi connectivity index (χ4n) is 3.31. The Morgan fingerprint density at radius 3 is 2.69 bits per heavy atom. The lowest BCUT2D eigenvalue weighted by atomic mass is 9.67. The van der Waals surface area contributed by atoms with Crippen molar-refractivity contribution in [1.82, 2.24) is 10.2 Å². The van der Waals surface area contributed by atoms with Gasteiger partial charge in [-0.3, -0.25) is 0 Å². The molecule has 1 unspecified atom stereocenters. The molecule has 0 spiro atoms. The fourth-order valence-corrected chi connectivity index (χ4v) is 3.31. The summed E-state index contributed by atoms with van der Waals surface area (Å²) >= 11 is 0. The highest BCUT2D eigenvalue weighted by Crippen LogP contribution is 2.43. The molecule has 0 bridgehead atoms. The Bertz CT molecular complexity index is 205. The van der Waals surface area contributed by atoms with Crippen LogP contribution in [0.2, 0.25) is 0 Å². The Kier molecular flexibility index (Phi) is 4.26. The molecule has 1 N–H and O–H groups in total. The number of nitrogens with zero attached hydrogens (tertiary/aromatic N) is 1. The Morgan fingerprint density at radius 1 is 1.31 bits per heavy atom. The third-order valence-corrected chi connectivity index (χ3v) is 4.82. The van der Waals surface area contributed by atoms with Gasteiger partial charge in [-0.2, -0.15) is 0 Å². The van der Waals surface area contributed by atoms with E-state index in [4.69, 9.17) is 0 Å². The normalized spacial score (nSPS) is 30.0. The molecule has 1 saturated heterocycles. The SMILES string of the molecule is CCC1(CNCC2CCCN(C)C2)CCC1. The minimum absolute atomic E-state index is 0.681. The predicted molar refractivity (Wildman–Crippen MR) is 69.7 cm³/mol. The molecule has 0 amide bonds. The summed E-state index contributed by atoms with van der Waals surface area (Å²) in [5.74, 6) is 0.896. The van der Waals surface area contributed by atoms with E-state index in [2.05, 4.69) is 24.2 Å². The van der Waals surface area contributed by atoms with Crippen molar-refractivity contribution < 1.29 is 0 Å². The number of hydrogen-bond donors (Lipinski definition) is 1. The lowest BCUT2D eigenvalue weighted by Crippen LogP contribution is -2.43. The van der Waals surface area contributed by atoms with Crippen LogP contribution in [0.1, 0.15) is 45.4 Å². The smallest absolute Gasteiger partial charge is 0.00187 e. The van der Waals surface area contributed by atoms with Crippen molar-refractivity contribution in [2.75, 3.05) is 33.2 Å². The summed E-state index contributed by atoms with van der Waals surface area (Å²) in [4.78, 5) is 2.48. The summed E-state index contributed by atoms with van der Waals surface area (Å²) in [6.07, 6.45) is 8.56. The second-order valence-electron chi connectivity index (χ2n) is 6.11. The first-order valence-electron chi connectivity index (χ1n) is 7.13. The molecule has 2 aliphatic rings. The van der Waals surface area contributed by atoms with Gasteiger partial charge in [0.15, 0.2) is 0 Å². The Balaban J connectivity index is 1.63. The molecule has 2 nitrogen and oxygen atoms in total. The molecular weight excluding hydrogens is 196 g/mol. The summed E-state index contributed by atoms with van der Waals surface area (Å²) in [6, 6.07) is 0. The highest BCUT2D eigenvalue weighted by molar-refractivity contribution is 4.88. The topological polar surface area (TPSA) is 15.3 Å². The molecule has 0 radical (unpaired) electrons. The predicted octanol–water partition coefficient (Wildman–Crippen LogP) is 2.50. The van der Waals surface area contributed by atoms with E-state index in [0.29, 0.717) is 5.41 Å². The van der Waals surface area contributed by atoms with Gasteiger partial charge in [-0.25, -0.2) is 0 Å². The lowest BCUT2D eigenvalue weighted by molar-refractivity contribution is 0.118. The Labute approximate surface area is 101 Å². The van der Waals surface area contributed by atoms with Crippen LogP contribution < -0.4 is 5.32 Å². The van der Waals surface area contributed by atoms with Crippen molar-refractivity contribution in [3.63, 3.8) is 0 Å². The molecule has 94 valence electrons. The van der Waals surface area contributed by atoms with Crippen LogP contribution in [0.3, 0.4) is 0 Å². The van der Waals surface area contributed by atoms with E-state index in [0.717, 1.165) is 5.92 Å². The van der Waals surface area contributed by atoms with Crippen molar-refractivity contribution in [2.24, 2.45) is 11.3 Å². The largest absolute Gasteiger partial charge is 0.316 e. The van der Waals surface area contributed by atoms with Crippen molar-refractivity contribution in [2.45, 2.75) is 45.4 Å². The minimum Gasteiger partial charge on any atom is -0.316 e. The molecule has 0 aromatic rings. The standard InChI is InChI=1S/C14H28N2/c1-3-14(7-5-8-14)12-15-10-13-6-4-9-16(2)11-13/h13,15H,3-12H2,1-2H3. The monoisotopic (exact) mass is 224 g/mol. The number of nitrogens with one attached hydrogen (secondary N) is 1. The van der Waals surface area contributed by atoms with E-state index in [9.17, 15) is 0 Å². The van der Waals surface area contributed by atoms with Gasteiger partial charge in [0.25, 0.3) is 0 Å². The van der Waals surface area contributed by atoms with Crippen LogP contribution >= 0.6 is 0 Å². The molecular formula is C14H28N2. The summed E-state index contributed by atoms with van der Waals surface area (Å²) in [5, 5.41) is 3.74. The molecule has 1 aliphatic carbocycles. The summed E-state index contributed by atoms with van der Waals surface area (Å²) < 4.78 is 0. The zero-order chi connectivity index (χ0) is 11.4. The van der Waals surface area contributed by atoms with Crippen LogP contribution in [0.4, 0.5) is 0 Å². The van der Waals surface area contributed by atoms with Crippen molar-refractivity contribution >= 4 is 0 Å². The van der Waals surface area contributed by atoms with Gasteiger partial charge in [0.2, 0.25) is 0 Å². The van der Waals surface area contributed by atoms with Crippen LogP contribution in [0.5, 0.6) is 0 Å². The third kappa shape index (κ3) is 2.98. The third-order valence-electron chi connectivity index (χ3n) is 4.82. The van der Waals surface area contributed by atoms with E-state index < -0.39 is 0 Å². The van der Waals surface area contributed by atoms with E-state index in [1.807, 2.05) is 0 Å². The number of hydrogen-bond acceptors (Lipinski definition) is 2. The first kappa shape index (κ1) is 12.4. The summed E-state index contributed by atoms with van der Waals surface area (Å²) in [6.45, 7) is 7.46. The first-order chi connectivity index (χ1) is 7.74. The molecule has 0 aromatic carbocycles. The van der Waals surface area contributed by atoms with Gasteiger partial charge in [0.05, 0.1) is 0 Å². The molecule has 1 aliphatic heterocycles. The average molecular weight is 224 g/mol. The molecule has 1 saturated carbocycles. The number of rotatable bonds is 5. The molecule has 2 rings (SSSR count). The summed E-state index contributed by atoms with van der Waals surface area (Å²) in [7, 11) is 2.26. The maximum Gasteiger partial charge on any atom is 0.00187 e. The first-order valence-corrected chi connectivity index (χ1v) is 7.13. The van der Waals surface area contributed by atoms with Crippen LogP contribution in [-0.2, 0) is 0 Å². The second kappa shape index (κ2) is 5.50. The zero-order valence-electron chi connectivity index (χ0n) is 11.1. The van der Waals surface area contributed by atoms with Crippen LogP contribution in [0.15, 0.2) is 0 Å². The van der Waals surface area contributed by atoms with Crippen LogP contribution in [0.25, 0.3) is 0 Å². The van der Waals surface area contributed by atoms with Gasteiger partial charge in [-0.1, -0.05) is 13.3 Å². The molecule has 1 atom stereocenters. The summed E-state index contributed by atoms with van der Waals surface area (Å²) in [5.41, 5.74) is 0.681. The molecule has 0 aromatic heterocycles. The second-order valence-corrected chi connectivity index (χ2v) is 6.11. The molecule has 1 heterocycles. The average Bonchev–Trinajstić information content (AvgIpc) is 2.22. The fraction of sp³-hybridized carbons (Fsp3) is 1.00. The van der Waals surface area contributed by atoms with E-state index in [1.54, 1.807) is 0 Å². The van der Waals surface area contributed by atoms with Crippen LogP contribution in [0, 0.1) is 11.3 Å². The molecule has 2 heteroatoms. The Morgan fingerprint density at radius 2 is 2.12 bits per heavy atom. The van der Waals surface area contributed by atoms with E-state index in [1.165, 1.54) is 64.7 Å². The highest BCUT2D eigenvalue weighted by Gasteiger charge is 2.34.